The zero-order valence-electron chi connectivity index (χ0n) is 21.5. The van der Waals surface area contributed by atoms with Gasteiger partial charge >= 0.3 is 0 Å². The van der Waals surface area contributed by atoms with Crippen LogP contribution in [0.4, 0.5) is 20.2 Å². The molecule has 3 aromatic rings. The van der Waals surface area contributed by atoms with Crippen molar-refractivity contribution < 1.29 is 23.2 Å². The highest BCUT2D eigenvalue weighted by Gasteiger charge is 2.37. The molecule has 4 rings (SSSR count). The van der Waals surface area contributed by atoms with Gasteiger partial charge in [-0.05, 0) is 68.3 Å². The Kier molecular flexibility index (Phi) is 7.75. The highest BCUT2D eigenvalue weighted by molar-refractivity contribution is 6.04. The summed E-state index contributed by atoms with van der Waals surface area (Å²) >= 11 is 0. The van der Waals surface area contributed by atoms with E-state index < -0.39 is 40.9 Å². The van der Waals surface area contributed by atoms with Gasteiger partial charge in [-0.15, -0.1) is 0 Å². The second kappa shape index (κ2) is 11.0. The zero-order chi connectivity index (χ0) is 27.4. The van der Waals surface area contributed by atoms with Crippen molar-refractivity contribution in [1.29, 1.82) is 0 Å². The maximum atomic E-state index is 14.2. The van der Waals surface area contributed by atoms with Crippen molar-refractivity contribution >= 4 is 29.1 Å². The van der Waals surface area contributed by atoms with E-state index in [1.54, 1.807) is 13.1 Å². The Morgan fingerprint density at radius 1 is 0.947 bits per heavy atom. The van der Waals surface area contributed by atoms with E-state index in [2.05, 4.69) is 10.6 Å². The number of anilines is 2. The molecular formula is C29H30F2N4O3. The Bertz CT molecular complexity index is 1330. The predicted octanol–water partition coefficient (Wildman–Crippen LogP) is 3.68. The van der Waals surface area contributed by atoms with Crippen LogP contribution in [0.3, 0.4) is 0 Å². The summed E-state index contributed by atoms with van der Waals surface area (Å²) in [7, 11) is 1.54. The molecule has 0 fully saturated rings. The number of hydrogen-bond donors (Lipinski definition) is 2. The number of hydrogen-bond acceptors (Lipinski definition) is 4. The summed E-state index contributed by atoms with van der Waals surface area (Å²) in [4.78, 5) is 42.7. The third kappa shape index (κ3) is 5.99. The number of nitrogens with zero attached hydrogens (tertiary/aromatic N) is 2. The molecule has 1 atom stereocenters. The number of fused-ring (bicyclic) bond motifs is 1. The molecule has 0 radical (unpaired) electrons. The first-order valence-corrected chi connectivity index (χ1v) is 12.3. The molecule has 3 amide bonds. The highest BCUT2D eigenvalue weighted by atomic mass is 19.1. The van der Waals surface area contributed by atoms with Crippen molar-refractivity contribution in [2.45, 2.75) is 31.8 Å². The number of halogens is 2. The van der Waals surface area contributed by atoms with Crippen LogP contribution < -0.4 is 20.4 Å². The Hall–Kier alpha value is -4.27. The van der Waals surface area contributed by atoms with E-state index in [1.807, 2.05) is 35.2 Å². The smallest absolute Gasteiger partial charge is 0.252 e. The van der Waals surface area contributed by atoms with Gasteiger partial charge in [0.15, 0.2) is 0 Å². The van der Waals surface area contributed by atoms with E-state index in [9.17, 15) is 23.2 Å². The summed E-state index contributed by atoms with van der Waals surface area (Å²) in [6.07, 6.45) is 0.676. The number of rotatable bonds is 7. The molecule has 198 valence electrons. The lowest BCUT2D eigenvalue weighted by atomic mass is 10.0. The van der Waals surface area contributed by atoms with Crippen molar-refractivity contribution in [3.8, 4) is 0 Å². The average molecular weight is 521 g/mol. The van der Waals surface area contributed by atoms with Crippen LogP contribution in [0.5, 0.6) is 0 Å². The third-order valence-electron chi connectivity index (χ3n) is 6.59. The number of benzene rings is 3. The second-order valence-corrected chi connectivity index (χ2v) is 9.82. The predicted molar refractivity (Wildman–Crippen MR) is 142 cm³/mol. The molecule has 0 spiro atoms. The second-order valence-electron chi connectivity index (χ2n) is 9.82. The van der Waals surface area contributed by atoms with E-state index in [-0.39, 0.29) is 12.1 Å². The number of nitrogens with one attached hydrogen (secondary N) is 2. The van der Waals surface area contributed by atoms with Crippen LogP contribution in [0.1, 0.15) is 29.8 Å². The molecule has 1 aliphatic heterocycles. The van der Waals surface area contributed by atoms with Crippen LogP contribution in [0.15, 0.2) is 72.8 Å². The van der Waals surface area contributed by atoms with E-state index in [0.717, 1.165) is 17.7 Å². The quantitative estimate of drug-likeness (QED) is 0.498. The average Bonchev–Trinajstić information content (AvgIpc) is 2.98. The minimum absolute atomic E-state index is 0.155. The number of amides is 3. The minimum Gasteiger partial charge on any atom is -0.367 e. The van der Waals surface area contributed by atoms with E-state index in [1.165, 1.54) is 43.0 Å². The molecule has 0 bridgehead atoms. The Morgan fingerprint density at radius 3 is 2.29 bits per heavy atom. The minimum atomic E-state index is -1.38. The van der Waals surface area contributed by atoms with E-state index in [0.29, 0.717) is 24.3 Å². The summed E-state index contributed by atoms with van der Waals surface area (Å²) in [5.41, 5.74) is 1.000. The van der Waals surface area contributed by atoms with Gasteiger partial charge in [-0.3, -0.25) is 14.4 Å². The molecule has 7 nitrogen and oxygen atoms in total. The van der Waals surface area contributed by atoms with Crippen LogP contribution in [0.2, 0.25) is 0 Å². The largest absolute Gasteiger partial charge is 0.367 e. The molecule has 0 saturated carbocycles. The maximum Gasteiger partial charge on any atom is 0.252 e. The standard InChI is InChI=1S/C29H30F2N4O3/c1-29(2,33-26(36)20-9-11-21(30)12-10-20)28(38)32-23-18-35(16-15-19-7-5-4-6-8-19)24-14-13-22(31)17-25(24)34(3)27(23)37/h4-14,17,23H,15-16,18H2,1-3H3,(H,32,38)(H,33,36)/t23-/m1/s1. The Labute approximate surface area is 220 Å². The van der Waals surface area contributed by atoms with Crippen LogP contribution in [0, 0.1) is 11.6 Å². The fourth-order valence-corrected chi connectivity index (χ4v) is 4.36. The Morgan fingerprint density at radius 2 is 1.61 bits per heavy atom. The number of carbonyl (C=O) groups is 3. The van der Waals surface area contributed by atoms with Gasteiger partial charge in [-0.1, -0.05) is 30.3 Å². The van der Waals surface area contributed by atoms with Gasteiger partial charge in [0, 0.05) is 25.7 Å². The topological polar surface area (TPSA) is 81.8 Å². The monoisotopic (exact) mass is 520 g/mol. The number of likely N-dealkylation sites (N-methyl/N-ethyl adjacent to an activating group) is 1. The maximum absolute atomic E-state index is 14.2. The molecule has 0 aliphatic carbocycles. The van der Waals surface area contributed by atoms with Crippen molar-refractivity contribution in [3.63, 3.8) is 0 Å². The van der Waals surface area contributed by atoms with Crippen LogP contribution in [0.25, 0.3) is 0 Å². The fourth-order valence-electron chi connectivity index (χ4n) is 4.36. The van der Waals surface area contributed by atoms with Crippen molar-refractivity contribution in [1.82, 2.24) is 10.6 Å². The first-order valence-electron chi connectivity index (χ1n) is 12.3. The van der Waals surface area contributed by atoms with Crippen LogP contribution >= 0.6 is 0 Å². The third-order valence-corrected chi connectivity index (χ3v) is 6.59. The molecule has 0 saturated heterocycles. The summed E-state index contributed by atoms with van der Waals surface area (Å²) in [6, 6.07) is 18.1. The lowest BCUT2D eigenvalue weighted by molar-refractivity contribution is -0.130. The van der Waals surface area contributed by atoms with Crippen molar-refractivity contribution in [2.24, 2.45) is 0 Å². The van der Waals surface area contributed by atoms with Crippen molar-refractivity contribution in [2.75, 3.05) is 29.9 Å². The summed E-state index contributed by atoms with van der Waals surface area (Å²) < 4.78 is 27.4. The number of carbonyl (C=O) groups excluding carboxylic acids is 3. The van der Waals surface area contributed by atoms with E-state index in [4.69, 9.17) is 0 Å². The molecule has 9 heteroatoms. The molecule has 1 aliphatic rings. The first kappa shape index (κ1) is 26.8. The lowest BCUT2D eigenvalue weighted by Gasteiger charge is -2.30. The highest BCUT2D eigenvalue weighted by Crippen LogP contribution is 2.33. The van der Waals surface area contributed by atoms with Gasteiger partial charge in [-0.25, -0.2) is 8.78 Å². The Balaban J connectivity index is 1.54. The zero-order valence-corrected chi connectivity index (χ0v) is 21.5. The molecule has 2 N–H and O–H groups in total. The molecule has 3 aromatic carbocycles. The van der Waals surface area contributed by atoms with Crippen LogP contribution in [-0.4, -0.2) is 49.4 Å². The van der Waals surface area contributed by atoms with Crippen molar-refractivity contribution in [3.05, 3.63) is 95.6 Å². The van der Waals surface area contributed by atoms with Gasteiger partial charge in [0.2, 0.25) is 5.91 Å². The van der Waals surface area contributed by atoms with Gasteiger partial charge in [0.1, 0.15) is 23.2 Å². The van der Waals surface area contributed by atoms with E-state index >= 15 is 0 Å². The van der Waals surface area contributed by atoms with Gasteiger partial charge in [0.25, 0.3) is 11.8 Å². The molecule has 38 heavy (non-hydrogen) atoms. The molecule has 0 aromatic heterocycles. The summed E-state index contributed by atoms with van der Waals surface area (Å²) in [5.74, 6) is -2.49. The first-order chi connectivity index (χ1) is 18.0. The molecular weight excluding hydrogens is 490 g/mol. The summed E-state index contributed by atoms with van der Waals surface area (Å²) in [5, 5.41) is 5.43. The SMILES string of the molecule is CN1C(=O)[C@H](NC(=O)C(C)(C)NC(=O)c2ccc(F)cc2)CN(CCc2ccccc2)c2ccc(F)cc21. The molecule has 1 heterocycles. The lowest BCUT2D eigenvalue weighted by Crippen LogP contribution is -2.60. The summed E-state index contributed by atoms with van der Waals surface area (Å²) in [6.45, 7) is 3.72. The fraction of sp³-hybridized carbons (Fsp3) is 0.276. The van der Waals surface area contributed by atoms with Gasteiger partial charge in [-0.2, -0.15) is 0 Å². The normalized spacial score (nSPS) is 15.5. The van der Waals surface area contributed by atoms with Gasteiger partial charge in [0.05, 0.1) is 11.4 Å². The van der Waals surface area contributed by atoms with Crippen LogP contribution in [-0.2, 0) is 16.0 Å². The molecule has 0 unspecified atom stereocenters. The van der Waals surface area contributed by atoms with Gasteiger partial charge < -0.3 is 20.4 Å².